The first kappa shape index (κ1) is 19.2. The van der Waals surface area contributed by atoms with Gasteiger partial charge in [-0.15, -0.1) is 0 Å². The molecule has 9 nitrogen and oxygen atoms in total. The largest absolute Gasteiger partial charge is 0.493 e. The molecule has 144 valence electrons. The van der Waals surface area contributed by atoms with Crippen LogP contribution in [0.25, 0.3) is 6.08 Å². The van der Waals surface area contributed by atoms with E-state index < -0.39 is 29.6 Å². The average Bonchev–Trinajstić information content (AvgIpc) is 3.28. The molecule has 0 atom stereocenters. The van der Waals surface area contributed by atoms with Crippen LogP contribution in [-0.4, -0.2) is 41.6 Å². The van der Waals surface area contributed by atoms with E-state index in [4.69, 9.17) is 19.6 Å². The van der Waals surface area contributed by atoms with Crippen LogP contribution >= 0.6 is 11.8 Å². The van der Waals surface area contributed by atoms with Crippen LogP contribution in [0.1, 0.15) is 16.1 Å². The SMILES string of the molecule is COc1cc(/C=C2\SC(=O)N(CC(N)=O)C2=O)ccc1OC(=O)c1ccco1. The van der Waals surface area contributed by atoms with Crippen LogP contribution in [0.3, 0.4) is 0 Å². The second-order valence-electron chi connectivity index (χ2n) is 5.51. The summed E-state index contributed by atoms with van der Waals surface area (Å²) in [6.45, 7) is -0.479. The van der Waals surface area contributed by atoms with Gasteiger partial charge in [-0.25, -0.2) is 4.79 Å². The van der Waals surface area contributed by atoms with E-state index in [0.29, 0.717) is 17.3 Å². The first-order valence-corrected chi connectivity index (χ1v) is 8.68. The molecule has 1 aromatic carbocycles. The van der Waals surface area contributed by atoms with Crippen LogP contribution in [0.4, 0.5) is 4.79 Å². The van der Waals surface area contributed by atoms with Gasteiger partial charge in [-0.1, -0.05) is 6.07 Å². The van der Waals surface area contributed by atoms with Gasteiger partial charge >= 0.3 is 5.97 Å². The average molecular weight is 402 g/mol. The molecule has 0 spiro atoms. The molecule has 3 amide bonds. The zero-order valence-corrected chi connectivity index (χ0v) is 15.4. The minimum absolute atomic E-state index is 0.0363. The second-order valence-corrected chi connectivity index (χ2v) is 6.50. The number of hydrogen-bond donors (Lipinski definition) is 1. The predicted octanol–water partition coefficient (Wildman–Crippen LogP) is 2.03. The van der Waals surface area contributed by atoms with Crippen LogP contribution in [0.2, 0.25) is 0 Å². The lowest BCUT2D eigenvalue weighted by molar-refractivity contribution is -0.127. The van der Waals surface area contributed by atoms with E-state index in [1.54, 1.807) is 12.1 Å². The van der Waals surface area contributed by atoms with Crippen LogP contribution in [0.15, 0.2) is 45.9 Å². The molecule has 1 aliphatic rings. The van der Waals surface area contributed by atoms with Crippen LogP contribution in [0, 0.1) is 0 Å². The van der Waals surface area contributed by atoms with Gasteiger partial charge in [-0.3, -0.25) is 19.3 Å². The van der Waals surface area contributed by atoms with Gasteiger partial charge in [0.05, 0.1) is 18.3 Å². The summed E-state index contributed by atoms with van der Waals surface area (Å²) >= 11 is 0.697. The van der Waals surface area contributed by atoms with Crippen molar-refractivity contribution < 1.29 is 33.1 Å². The van der Waals surface area contributed by atoms with E-state index in [9.17, 15) is 19.2 Å². The fraction of sp³-hybridized carbons (Fsp3) is 0.111. The Balaban J connectivity index is 1.81. The molecular formula is C18H14N2O7S. The fourth-order valence-electron chi connectivity index (χ4n) is 2.35. The number of carbonyl (C=O) groups is 4. The zero-order chi connectivity index (χ0) is 20.3. The Labute approximate surface area is 163 Å². The monoisotopic (exact) mass is 402 g/mol. The molecule has 0 radical (unpaired) electrons. The van der Waals surface area contributed by atoms with Gasteiger partial charge in [0, 0.05) is 0 Å². The highest BCUT2D eigenvalue weighted by Crippen LogP contribution is 2.34. The molecule has 1 fully saturated rings. The molecule has 1 aliphatic heterocycles. The number of methoxy groups -OCH3 is 1. The number of benzene rings is 1. The third-order valence-electron chi connectivity index (χ3n) is 3.60. The van der Waals surface area contributed by atoms with Crippen molar-refractivity contribution in [3.05, 3.63) is 52.8 Å². The van der Waals surface area contributed by atoms with Crippen molar-refractivity contribution in [1.29, 1.82) is 0 Å². The molecule has 2 N–H and O–H groups in total. The van der Waals surface area contributed by atoms with Gasteiger partial charge in [0.1, 0.15) is 6.54 Å². The highest BCUT2D eigenvalue weighted by atomic mass is 32.2. The quantitative estimate of drug-likeness (QED) is 0.441. The summed E-state index contributed by atoms with van der Waals surface area (Å²) in [5.41, 5.74) is 5.57. The van der Waals surface area contributed by atoms with Crippen LogP contribution in [-0.2, 0) is 9.59 Å². The van der Waals surface area contributed by atoms with Crippen molar-refractivity contribution in [2.24, 2.45) is 5.73 Å². The third-order valence-corrected chi connectivity index (χ3v) is 4.51. The van der Waals surface area contributed by atoms with Crippen molar-refractivity contribution >= 4 is 40.9 Å². The van der Waals surface area contributed by atoms with E-state index >= 15 is 0 Å². The van der Waals surface area contributed by atoms with Gasteiger partial charge in [-0.2, -0.15) is 0 Å². The van der Waals surface area contributed by atoms with Crippen molar-refractivity contribution in [2.45, 2.75) is 0 Å². The Bertz CT molecular complexity index is 982. The second kappa shape index (κ2) is 8.01. The molecule has 2 aromatic rings. The summed E-state index contributed by atoms with van der Waals surface area (Å²) in [6, 6.07) is 7.62. The zero-order valence-electron chi connectivity index (χ0n) is 14.5. The van der Waals surface area contributed by atoms with E-state index in [2.05, 4.69) is 0 Å². The molecule has 1 saturated heterocycles. The highest BCUT2D eigenvalue weighted by molar-refractivity contribution is 8.18. The van der Waals surface area contributed by atoms with E-state index in [0.717, 1.165) is 4.90 Å². The molecule has 3 rings (SSSR count). The first-order chi connectivity index (χ1) is 13.4. The molecule has 0 saturated carbocycles. The Morgan fingerprint density at radius 1 is 1.25 bits per heavy atom. The summed E-state index contributed by atoms with van der Waals surface area (Å²) in [7, 11) is 1.39. The van der Waals surface area contributed by atoms with Gasteiger partial charge in [0.2, 0.25) is 11.7 Å². The van der Waals surface area contributed by atoms with Crippen molar-refractivity contribution in [2.75, 3.05) is 13.7 Å². The molecule has 2 heterocycles. The lowest BCUT2D eigenvalue weighted by atomic mass is 10.2. The molecule has 1 aromatic heterocycles. The maximum atomic E-state index is 12.3. The molecule has 0 unspecified atom stereocenters. The van der Waals surface area contributed by atoms with Crippen molar-refractivity contribution in [3.8, 4) is 11.5 Å². The number of hydrogen-bond acceptors (Lipinski definition) is 8. The number of nitrogens with zero attached hydrogens (tertiary/aromatic N) is 1. The molecule has 28 heavy (non-hydrogen) atoms. The molecular weight excluding hydrogens is 388 g/mol. The standard InChI is InChI=1S/C18H14N2O7S/c1-25-13-7-10(4-5-11(13)27-17(23)12-3-2-6-26-12)8-14-16(22)20(9-15(19)21)18(24)28-14/h2-8H,9H2,1H3,(H2,19,21)/b14-8-. The minimum Gasteiger partial charge on any atom is -0.493 e. The number of primary amides is 1. The Morgan fingerprint density at radius 2 is 2.04 bits per heavy atom. The lowest BCUT2D eigenvalue weighted by Crippen LogP contribution is -2.36. The number of thioether (sulfide) groups is 1. The maximum absolute atomic E-state index is 12.3. The number of furan rings is 1. The summed E-state index contributed by atoms with van der Waals surface area (Å²) < 4.78 is 15.4. The Hall–Kier alpha value is -3.53. The van der Waals surface area contributed by atoms with Gasteiger partial charge in [0.25, 0.3) is 11.1 Å². The number of nitrogens with two attached hydrogens (primary N) is 1. The number of ether oxygens (including phenoxy) is 2. The summed E-state index contributed by atoms with van der Waals surface area (Å²) in [4.78, 5) is 48.0. The highest BCUT2D eigenvalue weighted by Gasteiger charge is 2.35. The topological polar surface area (TPSA) is 129 Å². The van der Waals surface area contributed by atoms with E-state index in [1.807, 2.05) is 0 Å². The predicted molar refractivity (Wildman–Crippen MR) is 98.5 cm³/mol. The van der Waals surface area contributed by atoms with Crippen molar-refractivity contribution in [3.63, 3.8) is 0 Å². The van der Waals surface area contributed by atoms with Crippen LogP contribution < -0.4 is 15.2 Å². The molecule has 0 aliphatic carbocycles. The van der Waals surface area contributed by atoms with Crippen LogP contribution in [0.5, 0.6) is 11.5 Å². The number of esters is 1. The normalized spacial score (nSPS) is 15.2. The number of imide groups is 1. The Kier molecular flexibility index (Phi) is 5.50. The summed E-state index contributed by atoms with van der Waals surface area (Å²) in [5, 5.41) is -0.578. The third kappa shape index (κ3) is 4.07. The molecule has 0 bridgehead atoms. The van der Waals surface area contributed by atoms with Gasteiger partial charge in [-0.05, 0) is 47.7 Å². The smallest absolute Gasteiger partial charge is 0.379 e. The Morgan fingerprint density at radius 3 is 2.68 bits per heavy atom. The van der Waals surface area contributed by atoms with Gasteiger partial charge in [0.15, 0.2) is 11.5 Å². The molecule has 10 heteroatoms. The van der Waals surface area contributed by atoms with Gasteiger partial charge < -0.3 is 19.6 Å². The number of rotatable bonds is 6. The first-order valence-electron chi connectivity index (χ1n) is 7.86. The maximum Gasteiger partial charge on any atom is 0.379 e. The lowest BCUT2D eigenvalue weighted by Gasteiger charge is -2.10. The number of amides is 3. The fourth-order valence-corrected chi connectivity index (χ4v) is 3.18. The summed E-state index contributed by atoms with van der Waals surface area (Å²) in [6.07, 6.45) is 2.81. The summed E-state index contributed by atoms with van der Waals surface area (Å²) in [5.74, 6) is -1.65. The minimum atomic E-state index is -0.784. The van der Waals surface area contributed by atoms with E-state index in [-0.39, 0.29) is 22.2 Å². The number of carbonyl (C=O) groups excluding carboxylic acids is 4. The van der Waals surface area contributed by atoms with E-state index in [1.165, 1.54) is 37.6 Å². The van der Waals surface area contributed by atoms with Crippen molar-refractivity contribution in [1.82, 2.24) is 4.90 Å².